The summed E-state index contributed by atoms with van der Waals surface area (Å²) in [6.07, 6.45) is -4.60. The van der Waals surface area contributed by atoms with Crippen molar-refractivity contribution in [2.24, 2.45) is 0 Å². The molecule has 0 saturated heterocycles. The molecule has 0 bridgehead atoms. The first-order chi connectivity index (χ1) is 10.4. The average molecular weight is 290 g/mol. The fourth-order valence-electron chi connectivity index (χ4n) is 2.11. The van der Waals surface area contributed by atoms with Crippen LogP contribution in [0.2, 0.25) is 0 Å². The maximum atomic E-state index is 12.5. The predicted molar refractivity (Wildman–Crippen MR) is 73.9 cm³/mol. The number of hydrogen-bond acceptors (Lipinski definition) is 2. The SMILES string of the molecule is [2H]c1ccc2cc(-c3ccccc3OC(F)(F)F)ccc2n1. The summed E-state index contributed by atoms with van der Waals surface area (Å²) in [5.41, 5.74) is 1.55. The first kappa shape index (κ1) is 12.2. The van der Waals surface area contributed by atoms with Gasteiger partial charge < -0.3 is 4.74 Å². The molecule has 0 fully saturated rings. The molecule has 21 heavy (non-hydrogen) atoms. The minimum absolute atomic E-state index is 0.140. The zero-order chi connectivity index (χ0) is 15.7. The normalized spacial score (nSPS) is 12.2. The largest absolute Gasteiger partial charge is 0.573 e. The first-order valence-electron chi connectivity index (χ1n) is 6.65. The first-order valence-corrected chi connectivity index (χ1v) is 6.15. The van der Waals surface area contributed by atoms with Gasteiger partial charge in [0.2, 0.25) is 0 Å². The third kappa shape index (κ3) is 2.97. The van der Waals surface area contributed by atoms with Crippen LogP contribution < -0.4 is 4.74 Å². The molecule has 0 aliphatic rings. The Morgan fingerprint density at radius 1 is 1.00 bits per heavy atom. The van der Waals surface area contributed by atoms with Crippen LogP contribution in [0.3, 0.4) is 0 Å². The van der Waals surface area contributed by atoms with Crippen LogP contribution >= 0.6 is 0 Å². The Kier molecular flexibility index (Phi) is 2.96. The van der Waals surface area contributed by atoms with Gasteiger partial charge in [-0.25, -0.2) is 0 Å². The van der Waals surface area contributed by atoms with E-state index in [-0.39, 0.29) is 11.9 Å². The Balaban J connectivity index is 2.09. The van der Waals surface area contributed by atoms with Gasteiger partial charge in [-0.2, -0.15) is 0 Å². The topological polar surface area (TPSA) is 22.1 Å². The van der Waals surface area contributed by atoms with E-state index in [0.29, 0.717) is 16.6 Å². The van der Waals surface area contributed by atoms with E-state index in [1.54, 1.807) is 36.4 Å². The number of pyridine rings is 1. The van der Waals surface area contributed by atoms with Crippen molar-refractivity contribution < 1.29 is 19.3 Å². The van der Waals surface area contributed by atoms with Crippen molar-refractivity contribution in [3.63, 3.8) is 0 Å². The van der Waals surface area contributed by atoms with E-state index < -0.39 is 6.36 Å². The Morgan fingerprint density at radius 3 is 2.62 bits per heavy atom. The number of rotatable bonds is 2. The minimum atomic E-state index is -4.74. The van der Waals surface area contributed by atoms with Gasteiger partial charge in [-0.05, 0) is 29.8 Å². The van der Waals surface area contributed by atoms with Crippen LogP contribution in [0.15, 0.2) is 60.8 Å². The lowest BCUT2D eigenvalue weighted by molar-refractivity contribution is -0.274. The molecule has 0 N–H and O–H groups in total. The van der Waals surface area contributed by atoms with Gasteiger partial charge >= 0.3 is 6.36 Å². The highest BCUT2D eigenvalue weighted by Crippen LogP contribution is 2.34. The maximum Gasteiger partial charge on any atom is 0.573 e. The van der Waals surface area contributed by atoms with Crippen molar-refractivity contribution >= 4 is 10.9 Å². The lowest BCUT2D eigenvalue weighted by atomic mass is 10.0. The van der Waals surface area contributed by atoms with E-state index in [1.807, 2.05) is 0 Å². The van der Waals surface area contributed by atoms with Gasteiger partial charge in [-0.3, -0.25) is 4.98 Å². The Hall–Kier alpha value is -2.56. The predicted octanol–water partition coefficient (Wildman–Crippen LogP) is 4.80. The third-order valence-corrected chi connectivity index (χ3v) is 2.97. The summed E-state index contributed by atoms with van der Waals surface area (Å²) >= 11 is 0. The molecule has 3 rings (SSSR count). The van der Waals surface area contributed by atoms with Crippen LogP contribution in [0.4, 0.5) is 13.2 Å². The van der Waals surface area contributed by atoms with Crippen LogP contribution in [0.5, 0.6) is 5.75 Å². The summed E-state index contributed by atoms with van der Waals surface area (Å²) in [4.78, 5) is 4.05. The summed E-state index contributed by atoms with van der Waals surface area (Å²) in [7, 11) is 0. The van der Waals surface area contributed by atoms with Gasteiger partial charge in [0.15, 0.2) is 0 Å². The number of ether oxygens (including phenoxy) is 1. The number of fused-ring (bicyclic) bond motifs is 1. The molecule has 0 aliphatic carbocycles. The second-order valence-electron chi connectivity index (χ2n) is 4.39. The van der Waals surface area contributed by atoms with E-state index in [9.17, 15) is 13.2 Å². The molecule has 106 valence electrons. The Bertz CT molecular complexity index is 833. The molecule has 0 saturated carbocycles. The number of benzene rings is 2. The van der Waals surface area contributed by atoms with Gasteiger partial charge in [0.1, 0.15) is 5.75 Å². The highest BCUT2D eigenvalue weighted by Gasteiger charge is 2.32. The van der Waals surface area contributed by atoms with Crippen molar-refractivity contribution in [3.05, 3.63) is 60.8 Å². The van der Waals surface area contributed by atoms with Crippen molar-refractivity contribution in [2.45, 2.75) is 6.36 Å². The van der Waals surface area contributed by atoms with Crippen LogP contribution in [0, 0.1) is 0 Å². The van der Waals surface area contributed by atoms with E-state index in [4.69, 9.17) is 1.37 Å². The summed E-state index contributed by atoms with van der Waals surface area (Å²) in [5.74, 6) is -0.251. The summed E-state index contributed by atoms with van der Waals surface area (Å²) < 4.78 is 49.0. The number of para-hydroxylation sites is 1. The van der Waals surface area contributed by atoms with E-state index in [1.165, 1.54) is 18.2 Å². The molecule has 0 atom stereocenters. The van der Waals surface area contributed by atoms with E-state index >= 15 is 0 Å². The van der Waals surface area contributed by atoms with Gasteiger partial charge in [0.05, 0.1) is 6.89 Å². The fourth-order valence-corrected chi connectivity index (χ4v) is 2.11. The minimum Gasteiger partial charge on any atom is -0.405 e. The van der Waals surface area contributed by atoms with E-state index in [0.717, 1.165) is 5.39 Å². The molecule has 1 heterocycles. The molecule has 0 spiro atoms. The van der Waals surface area contributed by atoms with E-state index in [2.05, 4.69) is 9.72 Å². The molecule has 2 aromatic carbocycles. The zero-order valence-electron chi connectivity index (χ0n) is 11.7. The highest BCUT2D eigenvalue weighted by atomic mass is 19.4. The zero-order valence-corrected chi connectivity index (χ0v) is 10.7. The number of halogens is 3. The van der Waals surface area contributed by atoms with Crippen LogP contribution in [-0.4, -0.2) is 11.3 Å². The maximum absolute atomic E-state index is 12.5. The molecular weight excluding hydrogens is 279 g/mol. The summed E-state index contributed by atoms with van der Waals surface area (Å²) in [6.45, 7) is 0. The molecule has 0 unspecified atom stereocenters. The number of aromatic nitrogens is 1. The highest BCUT2D eigenvalue weighted by molar-refractivity contribution is 5.85. The number of alkyl halides is 3. The van der Waals surface area contributed by atoms with Gasteiger partial charge in [0.25, 0.3) is 0 Å². The molecule has 3 aromatic rings. The van der Waals surface area contributed by atoms with Crippen molar-refractivity contribution in [2.75, 3.05) is 0 Å². The number of nitrogens with zero attached hydrogens (tertiary/aromatic N) is 1. The molecule has 0 amide bonds. The van der Waals surface area contributed by atoms with Crippen molar-refractivity contribution in [1.82, 2.24) is 4.98 Å². The van der Waals surface area contributed by atoms with Crippen LogP contribution in [0.1, 0.15) is 1.37 Å². The quantitative estimate of drug-likeness (QED) is 0.676. The molecule has 2 nitrogen and oxygen atoms in total. The second kappa shape index (κ2) is 5.09. The standard InChI is InChI=1S/C16H10F3NO/c17-16(18,19)21-15-6-2-1-5-13(15)11-7-8-14-12(10-11)4-3-9-20-14/h1-10H/i9D. The van der Waals surface area contributed by atoms with Crippen molar-refractivity contribution in [1.29, 1.82) is 0 Å². The van der Waals surface area contributed by atoms with Gasteiger partial charge in [0, 0.05) is 17.1 Å². The Morgan fingerprint density at radius 2 is 1.81 bits per heavy atom. The van der Waals surface area contributed by atoms with Gasteiger partial charge in [-0.15, -0.1) is 13.2 Å². The molecule has 0 aliphatic heterocycles. The number of hydrogen-bond donors (Lipinski definition) is 0. The average Bonchev–Trinajstić information content (AvgIpc) is 2.46. The fraction of sp³-hybridized carbons (Fsp3) is 0.0625. The molecule has 0 radical (unpaired) electrons. The lowest BCUT2D eigenvalue weighted by Crippen LogP contribution is -2.17. The third-order valence-electron chi connectivity index (χ3n) is 2.97. The van der Waals surface area contributed by atoms with Gasteiger partial charge in [-0.1, -0.05) is 30.3 Å². The monoisotopic (exact) mass is 290 g/mol. The Labute approximate surface area is 120 Å². The lowest BCUT2D eigenvalue weighted by Gasteiger charge is -2.13. The second-order valence-corrected chi connectivity index (χ2v) is 4.39. The smallest absolute Gasteiger partial charge is 0.405 e. The summed E-state index contributed by atoms with van der Waals surface area (Å²) in [5, 5.41) is 0.746. The van der Waals surface area contributed by atoms with Crippen molar-refractivity contribution in [3.8, 4) is 16.9 Å². The van der Waals surface area contributed by atoms with Crippen LogP contribution in [-0.2, 0) is 0 Å². The van der Waals surface area contributed by atoms with Crippen LogP contribution in [0.25, 0.3) is 22.0 Å². The molecule has 5 heteroatoms. The molecular formula is C16H10F3NO. The summed E-state index contributed by atoms with van der Waals surface area (Å²) in [6, 6.07) is 14.3. The molecule has 1 aromatic heterocycles.